The SMILES string of the molecule is O=Cc1c(F)cc(I)c2nsnc12. The van der Waals surface area contributed by atoms with Crippen LogP contribution in [-0.2, 0) is 0 Å². The lowest BCUT2D eigenvalue weighted by atomic mass is 10.2. The van der Waals surface area contributed by atoms with Gasteiger partial charge in [0.1, 0.15) is 16.9 Å². The Morgan fingerprint density at radius 3 is 2.85 bits per heavy atom. The van der Waals surface area contributed by atoms with Crippen LogP contribution in [0.5, 0.6) is 0 Å². The first kappa shape index (κ1) is 8.95. The van der Waals surface area contributed by atoms with Crippen LogP contribution >= 0.6 is 34.3 Å². The van der Waals surface area contributed by atoms with Gasteiger partial charge >= 0.3 is 0 Å². The summed E-state index contributed by atoms with van der Waals surface area (Å²) in [6, 6.07) is 1.29. The molecule has 2 aromatic rings. The number of carbonyl (C=O) groups is 1. The van der Waals surface area contributed by atoms with Crippen molar-refractivity contribution in [2.45, 2.75) is 0 Å². The number of aromatic nitrogens is 2. The average Bonchev–Trinajstić information content (AvgIpc) is 2.53. The number of halogens is 2. The Balaban J connectivity index is 2.96. The zero-order chi connectivity index (χ0) is 9.42. The zero-order valence-electron chi connectivity index (χ0n) is 6.12. The third-order valence-electron chi connectivity index (χ3n) is 1.60. The number of benzene rings is 1. The van der Waals surface area contributed by atoms with E-state index in [1.807, 2.05) is 22.6 Å². The molecule has 2 rings (SSSR count). The highest BCUT2D eigenvalue weighted by Gasteiger charge is 2.13. The van der Waals surface area contributed by atoms with Crippen molar-refractivity contribution in [3.63, 3.8) is 0 Å². The maximum Gasteiger partial charge on any atom is 0.155 e. The van der Waals surface area contributed by atoms with E-state index in [0.29, 0.717) is 20.9 Å². The summed E-state index contributed by atoms with van der Waals surface area (Å²) in [5.41, 5.74) is 0.933. The minimum absolute atomic E-state index is 0.0100. The Bertz CT molecular complexity index is 485. The summed E-state index contributed by atoms with van der Waals surface area (Å²) in [6.45, 7) is 0. The van der Waals surface area contributed by atoms with Gasteiger partial charge in [0.25, 0.3) is 0 Å². The van der Waals surface area contributed by atoms with E-state index in [9.17, 15) is 9.18 Å². The average molecular weight is 308 g/mol. The molecule has 0 atom stereocenters. The highest BCUT2D eigenvalue weighted by molar-refractivity contribution is 14.1. The molecule has 0 saturated heterocycles. The highest BCUT2D eigenvalue weighted by atomic mass is 127. The van der Waals surface area contributed by atoms with Gasteiger partial charge in [-0.25, -0.2) is 4.39 Å². The van der Waals surface area contributed by atoms with Crippen molar-refractivity contribution in [3.05, 3.63) is 21.0 Å². The molecule has 0 bridgehead atoms. The van der Waals surface area contributed by atoms with Gasteiger partial charge in [-0.3, -0.25) is 4.79 Å². The van der Waals surface area contributed by atoms with Crippen LogP contribution < -0.4 is 0 Å². The van der Waals surface area contributed by atoms with Gasteiger partial charge in [0, 0.05) is 3.57 Å². The molecule has 6 heteroatoms. The molecule has 0 amide bonds. The zero-order valence-corrected chi connectivity index (χ0v) is 9.10. The van der Waals surface area contributed by atoms with Gasteiger partial charge in [-0.1, -0.05) is 0 Å². The molecule has 1 heterocycles. The maximum absolute atomic E-state index is 13.2. The first-order valence-corrected chi connectivity index (χ1v) is 5.10. The first-order chi connectivity index (χ1) is 6.24. The standard InChI is InChI=1S/C7H2FIN2OS/c8-4-1-5(9)7-6(3(4)2-12)10-13-11-7/h1-2H. The molecule has 13 heavy (non-hydrogen) atoms. The minimum atomic E-state index is -0.542. The van der Waals surface area contributed by atoms with E-state index < -0.39 is 5.82 Å². The van der Waals surface area contributed by atoms with E-state index in [1.54, 1.807) is 0 Å². The molecule has 1 aromatic heterocycles. The molecule has 3 nitrogen and oxygen atoms in total. The van der Waals surface area contributed by atoms with Crippen LogP contribution in [0.1, 0.15) is 10.4 Å². The molecule has 0 aliphatic heterocycles. The van der Waals surface area contributed by atoms with E-state index in [4.69, 9.17) is 0 Å². The summed E-state index contributed by atoms with van der Waals surface area (Å²) in [5, 5.41) is 0. The summed E-state index contributed by atoms with van der Waals surface area (Å²) in [5.74, 6) is -0.542. The van der Waals surface area contributed by atoms with E-state index in [1.165, 1.54) is 6.07 Å². The number of carbonyl (C=O) groups excluding carboxylic acids is 1. The third kappa shape index (κ3) is 1.33. The Hall–Kier alpha value is -0.630. The van der Waals surface area contributed by atoms with Crippen molar-refractivity contribution < 1.29 is 9.18 Å². The summed E-state index contributed by atoms with van der Waals surface area (Å²) in [6.07, 6.45) is 0.467. The number of nitrogens with zero attached hydrogens (tertiary/aromatic N) is 2. The molecule has 0 spiro atoms. The molecule has 66 valence electrons. The van der Waals surface area contributed by atoms with Crippen molar-refractivity contribution in [3.8, 4) is 0 Å². The predicted octanol–water partition coefficient (Wildman–Crippen LogP) is 2.25. The smallest absolute Gasteiger partial charge is 0.155 e. The van der Waals surface area contributed by atoms with Crippen molar-refractivity contribution in [1.29, 1.82) is 0 Å². The topological polar surface area (TPSA) is 42.9 Å². The first-order valence-electron chi connectivity index (χ1n) is 3.29. The molecule has 0 radical (unpaired) electrons. The summed E-state index contributed by atoms with van der Waals surface area (Å²) in [4.78, 5) is 10.5. The van der Waals surface area contributed by atoms with Crippen LogP contribution in [-0.4, -0.2) is 15.0 Å². The van der Waals surface area contributed by atoms with Gasteiger partial charge in [0.05, 0.1) is 17.3 Å². The second kappa shape index (κ2) is 3.26. The third-order valence-corrected chi connectivity index (χ3v) is 2.95. The molecular formula is C7H2FIN2OS. The molecule has 0 fully saturated rings. The molecule has 0 saturated carbocycles. The van der Waals surface area contributed by atoms with Crippen LogP contribution in [0.3, 0.4) is 0 Å². The van der Waals surface area contributed by atoms with Crippen molar-refractivity contribution in [2.24, 2.45) is 0 Å². The Morgan fingerprint density at radius 1 is 1.46 bits per heavy atom. The predicted molar refractivity (Wildman–Crippen MR) is 55.5 cm³/mol. The van der Waals surface area contributed by atoms with Gasteiger partial charge in [-0.05, 0) is 28.7 Å². The normalized spacial score (nSPS) is 10.6. The number of hydrogen-bond donors (Lipinski definition) is 0. The number of rotatable bonds is 1. The van der Waals surface area contributed by atoms with Crippen molar-refractivity contribution in [1.82, 2.24) is 8.75 Å². The van der Waals surface area contributed by atoms with Crippen LogP contribution in [0.4, 0.5) is 4.39 Å². The fourth-order valence-electron chi connectivity index (χ4n) is 1.00. The van der Waals surface area contributed by atoms with Crippen LogP contribution in [0.15, 0.2) is 6.07 Å². The molecular weight excluding hydrogens is 306 g/mol. The lowest BCUT2D eigenvalue weighted by Gasteiger charge is -1.96. The van der Waals surface area contributed by atoms with E-state index >= 15 is 0 Å². The van der Waals surface area contributed by atoms with Gasteiger partial charge in [0.15, 0.2) is 6.29 Å². The number of hydrogen-bond acceptors (Lipinski definition) is 4. The monoisotopic (exact) mass is 308 g/mol. The van der Waals surface area contributed by atoms with E-state index in [0.717, 1.165) is 11.7 Å². The lowest BCUT2D eigenvalue weighted by Crippen LogP contribution is -1.91. The quantitative estimate of drug-likeness (QED) is 0.599. The van der Waals surface area contributed by atoms with Crippen molar-refractivity contribution in [2.75, 3.05) is 0 Å². The van der Waals surface area contributed by atoms with Crippen LogP contribution in [0, 0.1) is 9.39 Å². The van der Waals surface area contributed by atoms with Crippen LogP contribution in [0.2, 0.25) is 0 Å². The Morgan fingerprint density at radius 2 is 2.15 bits per heavy atom. The maximum atomic E-state index is 13.2. The van der Waals surface area contributed by atoms with E-state index in [2.05, 4.69) is 8.75 Å². The second-order valence-electron chi connectivity index (χ2n) is 2.33. The molecule has 0 unspecified atom stereocenters. The van der Waals surface area contributed by atoms with Gasteiger partial charge in [0.2, 0.25) is 0 Å². The Kier molecular flexibility index (Phi) is 2.24. The fourth-order valence-corrected chi connectivity index (χ4v) is 2.39. The molecule has 0 N–H and O–H groups in total. The molecule has 1 aromatic carbocycles. The molecule has 0 aliphatic carbocycles. The fraction of sp³-hybridized carbons (Fsp3) is 0. The number of aldehydes is 1. The van der Waals surface area contributed by atoms with Gasteiger partial charge in [-0.15, -0.1) is 0 Å². The van der Waals surface area contributed by atoms with Crippen LogP contribution in [0.25, 0.3) is 11.0 Å². The summed E-state index contributed by atoms with van der Waals surface area (Å²) < 4.78 is 21.7. The van der Waals surface area contributed by atoms with Gasteiger partial charge < -0.3 is 0 Å². The lowest BCUT2D eigenvalue weighted by molar-refractivity contribution is 0.112. The highest BCUT2D eigenvalue weighted by Crippen LogP contribution is 2.23. The summed E-state index contributed by atoms with van der Waals surface area (Å²) in [7, 11) is 0. The number of fused-ring (bicyclic) bond motifs is 1. The van der Waals surface area contributed by atoms with Gasteiger partial charge in [-0.2, -0.15) is 8.75 Å². The molecule has 0 aliphatic rings. The minimum Gasteiger partial charge on any atom is -0.298 e. The largest absolute Gasteiger partial charge is 0.298 e. The van der Waals surface area contributed by atoms with E-state index in [-0.39, 0.29) is 5.56 Å². The summed E-state index contributed by atoms with van der Waals surface area (Å²) >= 11 is 2.94. The Labute approximate surface area is 90.4 Å². The second-order valence-corrected chi connectivity index (χ2v) is 4.02. The van der Waals surface area contributed by atoms with Crippen molar-refractivity contribution >= 4 is 51.6 Å².